The summed E-state index contributed by atoms with van der Waals surface area (Å²) in [5.41, 5.74) is 2.74. The number of carbonyl (C=O) groups excluding carboxylic acids is 1. The van der Waals surface area contributed by atoms with Gasteiger partial charge in [0.25, 0.3) is 0 Å². The molecule has 0 spiro atoms. The molecule has 0 heterocycles. The van der Waals surface area contributed by atoms with Crippen LogP contribution in [0.1, 0.15) is 31.4 Å². The molecule has 1 atom stereocenters. The van der Waals surface area contributed by atoms with Crippen LogP contribution >= 0.6 is 0 Å². The van der Waals surface area contributed by atoms with Crippen LogP contribution in [0.3, 0.4) is 0 Å². The van der Waals surface area contributed by atoms with Crippen molar-refractivity contribution in [1.82, 2.24) is 0 Å². The number of terminal acetylenes is 1. The summed E-state index contributed by atoms with van der Waals surface area (Å²) in [5.74, 6) is 2.74. The van der Waals surface area contributed by atoms with Crippen LogP contribution in [0.4, 0.5) is 5.69 Å². The van der Waals surface area contributed by atoms with Crippen molar-refractivity contribution < 1.29 is 4.79 Å². The summed E-state index contributed by atoms with van der Waals surface area (Å²) in [7, 11) is 0. The molecule has 0 saturated heterocycles. The highest BCUT2D eigenvalue weighted by atomic mass is 16.2. The van der Waals surface area contributed by atoms with E-state index in [9.17, 15) is 4.79 Å². The minimum Gasteiger partial charge on any atom is -0.308 e. The van der Waals surface area contributed by atoms with Crippen molar-refractivity contribution in [2.75, 3.05) is 4.90 Å². The molecule has 22 heavy (non-hydrogen) atoms. The maximum Gasteiger partial charge on any atom is 0.230 e. The van der Waals surface area contributed by atoms with Gasteiger partial charge < -0.3 is 4.90 Å². The van der Waals surface area contributed by atoms with Crippen LogP contribution in [0.25, 0.3) is 0 Å². The number of hydrogen-bond donors (Lipinski definition) is 0. The number of carbonyl (C=O) groups is 1. The molecule has 0 aliphatic carbocycles. The molecule has 0 fully saturated rings. The van der Waals surface area contributed by atoms with E-state index in [4.69, 9.17) is 6.42 Å². The zero-order valence-corrected chi connectivity index (χ0v) is 13.1. The normalized spacial score (nSPS) is 11.5. The molecular formula is C20H21NO. The molecule has 0 saturated carbocycles. The van der Waals surface area contributed by atoms with Crippen molar-refractivity contribution >= 4 is 11.6 Å². The van der Waals surface area contributed by atoms with Gasteiger partial charge in [-0.15, -0.1) is 6.42 Å². The van der Waals surface area contributed by atoms with Gasteiger partial charge in [-0.1, -0.05) is 56.2 Å². The first-order valence-corrected chi connectivity index (χ1v) is 7.57. The summed E-state index contributed by atoms with van der Waals surface area (Å²) < 4.78 is 0. The Balaban J connectivity index is 2.36. The van der Waals surface area contributed by atoms with Crippen LogP contribution in [-0.4, -0.2) is 5.91 Å². The summed E-state index contributed by atoms with van der Waals surface area (Å²) >= 11 is 0. The Hall–Kier alpha value is -2.53. The van der Waals surface area contributed by atoms with Crippen LogP contribution in [0, 0.1) is 18.3 Å². The number of rotatable bonds is 5. The van der Waals surface area contributed by atoms with Crippen molar-refractivity contribution in [3.63, 3.8) is 0 Å². The lowest BCUT2D eigenvalue weighted by atomic mass is 10.1. The van der Waals surface area contributed by atoms with E-state index in [1.165, 1.54) is 0 Å². The van der Waals surface area contributed by atoms with E-state index < -0.39 is 0 Å². The average molecular weight is 291 g/mol. The Morgan fingerprint density at radius 3 is 2.55 bits per heavy atom. The quantitative estimate of drug-likeness (QED) is 0.754. The van der Waals surface area contributed by atoms with E-state index in [0.29, 0.717) is 6.54 Å². The van der Waals surface area contributed by atoms with Crippen molar-refractivity contribution in [1.29, 1.82) is 0 Å². The zero-order chi connectivity index (χ0) is 15.9. The fourth-order valence-corrected chi connectivity index (χ4v) is 2.27. The Morgan fingerprint density at radius 1 is 1.18 bits per heavy atom. The molecule has 2 heteroatoms. The van der Waals surface area contributed by atoms with Crippen LogP contribution in [0.2, 0.25) is 0 Å². The molecule has 2 nitrogen and oxygen atoms in total. The summed E-state index contributed by atoms with van der Waals surface area (Å²) in [6, 6.07) is 17.6. The Labute approximate surface area is 132 Å². The van der Waals surface area contributed by atoms with E-state index in [2.05, 4.69) is 5.92 Å². The van der Waals surface area contributed by atoms with Crippen LogP contribution in [0.5, 0.6) is 0 Å². The molecule has 2 aromatic carbocycles. The van der Waals surface area contributed by atoms with E-state index in [1.807, 2.05) is 73.3 Å². The van der Waals surface area contributed by atoms with Gasteiger partial charge in [0.1, 0.15) is 0 Å². The molecule has 0 aliphatic rings. The maximum absolute atomic E-state index is 12.8. The molecule has 0 N–H and O–H groups in total. The molecule has 0 bridgehead atoms. The second-order valence-corrected chi connectivity index (χ2v) is 5.41. The Bertz CT molecular complexity index is 670. The SMILES string of the molecule is C#Cc1cccc(N(Cc2ccccc2)C(=O)C(C)CC)c1. The summed E-state index contributed by atoms with van der Waals surface area (Å²) in [6.45, 7) is 4.55. The first kappa shape index (κ1) is 15.9. The number of benzene rings is 2. The van der Waals surface area contributed by atoms with Gasteiger partial charge >= 0.3 is 0 Å². The minimum atomic E-state index is -0.0156. The maximum atomic E-state index is 12.8. The van der Waals surface area contributed by atoms with Crippen molar-refractivity contribution in [3.05, 3.63) is 65.7 Å². The molecule has 1 unspecified atom stereocenters. The van der Waals surface area contributed by atoms with Gasteiger partial charge in [0.15, 0.2) is 0 Å². The highest BCUT2D eigenvalue weighted by Crippen LogP contribution is 2.22. The third-order valence-electron chi connectivity index (χ3n) is 3.81. The highest BCUT2D eigenvalue weighted by molar-refractivity contribution is 5.94. The average Bonchev–Trinajstić information content (AvgIpc) is 2.59. The van der Waals surface area contributed by atoms with Gasteiger partial charge in [-0.3, -0.25) is 4.79 Å². The molecule has 2 aromatic rings. The van der Waals surface area contributed by atoms with E-state index >= 15 is 0 Å². The third-order valence-corrected chi connectivity index (χ3v) is 3.81. The van der Waals surface area contributed by atoms with Gasteiger partial charge in [-0.05, 0) is 30.2 Å². The van der Waals surface area contributed by atoms with Gasteiger partial charge in [0.05, 0.1) is 6.54 Å². The summed E-state index contributed by atoms with van der Waals surface area (Å²) in [4.78, 5) is 14.6. The Kier molecular flexibility index (Phi) is 5.38. The third kappa shape index (κ3) is 3.77. The first-order chi connectivity index (χ1) is 10.7. The predicted octanol–water partition coefficient (Wildman–Crippen LogP) is 4.25. The first-order valence-electron chi connectivity index (χ1n) is 7.57. The second-order valence-electron chi connectivity index (χ2n) is 5.41. The lowest BCUT2D eigenvalue weighted by Gasteiger charge is -2.26. The zero-order valence-electron chi connectivity index (χ0n) is 13.1. The topological polar surface area (TPSA) is 20.3 Å². The number of hydrogen-bond acceptors (Lipinski definition) is 1. The monoisotopic (exact) mass is 291 g/mol. The fourth-order valence-electron chi connectivity index (χ4n) is 2.27. The van der Waals surface area contributed by atoms with Crippen LogP contribution < -0.4 is 4.90 Å². The van der Waals surface area contributed by atoms with Crippen molar-refractivity contribution in [2.24, 2.45) is 5.92 Å². The molecule has 1 amide bonds. The van der Waals surface area contributed by atoms with E-state index in [1.54, 1.807) is 0 Å². The molecule has 0 aliphatic heterocycles. The lowest BCUT2D eigenvalue weighted by Crippen LogP contribution is -2.34. The van der Waals surface area contributed by atoms with E-state index in [0.717, 1.165) is 23.2 Å². The van der Waals surface area contributed by atoms with Gasteiger partial charge in [-0.25, -0.2) is 0 Å². The van der Waals surface area contributed by atoms with Crippen molar-refractivity contribution in [2.45, 2.75) is 26.8 Å². The van der Waals surface area contributed by atoms with Crippen LogP contribution in [0.15, 0.2) is 54.6 Å². The van der Waals surface area contributed by atoms with Gasteiger partial charge in [0, 0.05) is 17.2 Å². The van der Waals surface area contributed by atoms with Crippen LogP contribution in [-0.2, 0) is 11.3 Å². The number of amides is 1. The largest absolute Gasteiger partial charge is 0.308 e. The lowest BCUT2D eigenvalue weighted by molar-refractivity contribution is -0.122. The minimum absolute atomic E-state index is 0.0156. The molecule has 2 rings (SSSR count). The second kappa shape index (κ2) is 7.47. The number of anilines is 1. The fraction of sp³-hybridized carbons (Fsp3) is 0.250. The molecule has 0 aromatic heterocycles. The Morgan fingerprint density at radius 2 is 1.91 bits per heavy atom. The summed E-state index contributed by atoms with van der Waals surface area (Å²) in [5, 5.41) is 0. The standard InChI is InChI=1S/C20H21NO/c1-4-16(3)20(22)21(15-18-10-7-6-8-11-18)19-13-9-12-17(5-2)14-19/h2,6-14,16H,4,15H2,1,3H3. The van der Waals surface area contributed by atoms with E-state index in [-0.39, 0.29) is 11.8 Å². The van der Waals surface area contributed by atoms with Gasteiger partial charge in [-0.2, -0.15) is 0 Å². The number of nitrogens with zero attached hydrogens (tertiary/aromatic N) is 1. The molecule has 0 radical (unpaired) electrons. The summed E-state index contributed by atoms with van der Waals surface area (Å²) in [6.07, 6.45) is 6.30. The van der Waals surface area contributed by atoms with Crippen molar-refractivity contribution in [3.8, 4) is 12.3 Å². The smallest absolute Gasteiger partial charge is 0.230 e. The molecule has 112 valence electrons. The predicted molar refractivity (Wildman–Crippen MR) is 91.5 cm³/mol. The highest BCUT2D eigenvalue weighted by Gasteiger charge is 2.21. The molecular weight excluding hydrogens is 270 g/mol. The van der Waals surface area contributed by atoms with Gasteiger partial charge in [0.2, 0.25) is 5.91 Å².